The summed E-state index contributed by atoms with van der Waals surface area (Å²) in [4.78, 5) is 10.9. The van der Waals surface area contributed by atoms with Gasteiger partial charge < -0.3 is 4.74 Å². The molecule has 1 amide bonds. The van der Waals surface area contributed by atoms with Gasteiger partial charge in [0.05, 0.1) is 6.54 Å². The molecule has 2 aromatic rings. The van der Waals surface area contributed by atoms with E-state index in [0.29, 0.717) is 10.8 Å². The zero-order valence-electron chi connectivity index (χ0n) is 11.9. The topological polar surface area (TPSA) is 49.8 Å². The Morgan fingerprint density at radius 3 is 2.45 bits per heavy atom. The van der Waals surface area contributed by atoms with Crippen molar-refractivity contribution in [3.8, 4) is 5.75 Å². The Morgan fingerprint density at radius 2 is 1.86 bits per heavy atom. The molecule has 0 heterocycles. The van der Waals surface area contributed by atoms with E-state index < -0.39 is 17.5 Å². The summed E-state index contributed by atoms with van der Waals surface area (Å²) in [6.45, 7) is 1.31. The smallest absolute Gasteiger partial charge is 0.243 e. The van der Waals surface area contributed by atoms with E-state index in [1.807, 2.05) is 0 Å². The van der Waals surface area contributed by atoms with E-state index in [-0.39, 0.29) is 18.7 Å². The Kier molecular flexibility index (Phi) is 5.06. The van der Waals surface area contributed by atoms with Gasteiger partial charge in [-0.3, -0.25) is 10.0 Å². The molecule has 2 aromatic carbocycles. The molecule has 0 spiro atoms. The van der Waals surface area contributed by atoms with Crippen molar-refractivity contribution >= 4 is 5.91 Å². The van der Waals surface area contributed by atoms with Crippen molar-refractivity contribution in [3.63, 3.8) is 0 Å². The van der Waals surface area contributed by atoms with Crippen molar-refractivity contribution in [1.82, 2.24) is 5.06 Å². The predicted molar refractivity (Wildman–Crippen MR) is 75.1 cm³/mol. The average molecular weight is 307 g/mol. The number of benzene rings is 2. The van der Waals surface area contributed by atoms with Gasteiger partial charge in [0.15, 0.2) is 0 Å². The summed E-state index contributed by atoms with van der Waals surface area (Å²) in [5.74, 6) is -1.24. The number of hydrogen-bond donors (Lipinski definition) is 1. The van der Waals surface area contributed by atoms with Gasteiger partial charge in [0.1, 0.15) is 24.0 Å². The van der Waals surface area contributed by atoms with Gasteiger partial charge in [0, 0.05) is 18.6 Å². The Morgan fingerprint density at radius 1 is 1.18 bits per heavy atom. The van der Waals surface area contributed by atoms with Gasteiger partial charge in [-0.15, -0.1) is 0 Å². The third kappa shape index (κ3) is 4.26. The zero-order valence-corrected chi connectivity index (χ0v) is 11.9. The fraction of sp³-hybridized carbons (Fsp3) is 0.188. The SMILES string of the molecule is CC(=O)N(O)Cc1ccc(OCc2ccc(F)cc2F)cc1. The van der Waals surface area contributed by atoms with Crippen molar-refractivity contribution in [2.45, 2.75) is 20.1 Å². The van der Waals surface area contributed by atoms with Gasteiger partial charge >= 0.3 is 0 Å². The highest BCUT2D eigenvalue weighted by Crippen LogP contribution is 2.17. The van der Waals surface area contributed by atoms with Crippen LogP contribution < -0.4 is 4.74 Å². The number of ether oxygens (including phenoxy) is 1. The summed E-state index contributed by atoms with van der Waals surface area (Å²) >= 11 is 0. The highest BCUT2D eigenvalue weighted by Gasteiger charge is 2.07. The van der Waals surface area contributed by atoms with Gasteiger partial charge in [-0.2, -0.15) is 0 Å². The second-order valence-corrected chi connectivity index (χ2v) is 4.75. The van der Waals surface area contributed by atoms with Crippen LogP contribution in [0.3, 0.4) is 0 Å². The standard InChI is InChI=1S/C16H15F2NO3/c1-11(20)19(21)9-12-2-6-15(7-3-12)22-10-13-4-5-14(17)8-16(13)18/h2-8,21H,9-10H2,1H3. The van der Waals surface area contributed by atoms with Crippen LogP contribution in [0, 0.1) is 11.6 Å². The molecule has 0 bridgehead atoms. The van der Waals surface area contributed by atoms with Crippen LogP contribution in [0.2, 0.25) is 0 Å². The summed E-state index contributed by atoms with van der Waals surface area (Å²) in [5.41, 5.74) is 0.974. The first-order chi connectivity index (χ1) is 10.5. The largest absolute Gasteiger partial charge is 0.489 e. The number of halogens is 2. The van der Waals surface area contributed by atoms with Gasteiger partial charge in [-0.25, -0.2) is 13.8 Å². The number of amides is 1. The number of hydroxylamine groups is 2. The van der Waals surface area contributed by atoms with E-state index in [1.54, 1.807) is 24.3 Å². The molecule has 0 unspecified atom stereocenters. The third-order valence-electron chi connectivity index (χ3n) is 3.03. The van der Waals surface area contributed by atoms with E-state index >= 15 is 0 Å². The summed E-state index contributed by atoms with van der Waals surface area (Å²) in [5, 5.41) is 9.94. The lowest BCUT2D eigenvalue weighted by Gasteiger charge is -2.13. The highest BCUT2D eigenvalue weighted by molar-refractivity contribution is 5.71. The summed E-state index contributed by atoms with van der Waals surface area (Å²) in [6, 6.07) is 9.96. The molecule has 1 N–H and O–H groups in total. The molecule has 0 aliphatic carbocycles. The molecule has 2 rings (SSSR count). The first kappa shape index (κ1) is 15.9. The predicted octanol–water partition coefficient (Wildman–Crippen LogP) is 3.28. The highest BCUT2D eigenvalue weighted by atomic mass is 19.1. The van der Waals surface area contributed by atoms with Crippen molar-refractivity contribution < 1.29 is 23.5 Å². The summed E-state index contributed by atoms with van der Waals surface area (Å²) < 4.78 is 31.7. The Labute approximate surface area is 126 Å². The maximum absolute atomic E-state index is 13.5. The molecule has 0 saturated heterocycles. The summed E-state index contributed by atoms with van der Waals surface area (Å²) in [6.07, 6.45) is 0. The van der Waals surface area contributed by atoms with Crippen molar-refractivity contribution in [2.24, 2.45) is 0 Å². The molecular weight excluding hydrogens is 292 g/mol. The van der Waals surface area contributed by atoms with Crippen LogP contribution in [0.4, 0.5) is 8.78 Å². The number of carbonyl (C=O) groups excluding carboxylic acids is 1. The third-order valence-corrected chi connectivity index (χ3v) is 3.03. The fourth-order valence-electron chi connectivity index (χ4n) is 1.78. The maximum Gasteiger partial charge on any atom is 0.243 e. The number of hydrogen-bond acceptors (Lipinski definition) is 3. The van der Waals surface area contributed by atoms with E-state index in [2.05, 4.69) is 0 Å². The molecule has 0 aliphatic rings. The normalized spacial score (nSPS) is 10.4. The zero-order chi connectivity index (χ0) is 16.1. The van der Waals surface area contributed by atoms with Crippen LogP contribution >= 0.6 is 0 Å². The molecule has 6 heteroatoms. The van der Waals surface area contributed by atoms with Gasteiger partial charge in [0.25, 0.3) is 0 Å². The molecule has 116 valence electrons. The average Bonchev–Trinajstić information content (AvgIpc) is 2.47. The van der Waals surface area contributed by atoms with Crippen LogP contribution in [-0.4, -0.2) is 16.2 Å². The van der Waals surface area contributed by atoms with Crippen LogP contribution in [0.15, 0.2) is 42.5 Å². The molecule has 0 aliphatic heterocycles. The molecule has 0 atom stereocenters. The molecule has 4 nitrogen and oxygen atoms in total. The second kappa shape index (κ2) is 7.00. The van der Waals surface area contributed by atoms with Gasteiger partial charge in [-0.05, 0) is 29.8 Å². The first-order valence-electron chi connectivity index (χ1n) is 6.58. The Balaban J connectivity index is 1.95. The van der Waals surface area contributed by atoms with Gasteiger partial charge in [-0.1, -0.05) is 12.1 Å². The second-order valence-electron chi connectivity index (χ2n) is 4.75. The number of nitrogens with zero attached hydrogens (tertiary/aromatic N) is 1. The van der Waals surface area contributed by atoms with Gasteiger partial charge in [0.2, 0.25) is 5.91 Å². The van der Waals surface area contributed by atoms with Crippen LogP contribution in [0.25, 0.3) is 0 Å². The molecule has 0 radical (unpaired) electrons. The maximum atomic E-state index is 13.5. The minimum absolute atomic E-state index is 0.0228. The molecule has 0 aromatic heterocycles. The lowest BCUT2D eigenvalue weighted by atomic mass is 10.2. The fourth-order valence-corrected chi connectivity index (χ4v) is 1.78. The lowest BCUT2D eigenvalue weighted by Crippen LogP contribution is -2.23. The van der Waals surface area contributed by atoms with Crippen LogP contribution in [0.1, 0.15) is 18.1 Å². The van der Waals surface area contributed by atoms with E-state index in [4.69, 9.17) is 4.74 Å². The molecule has 22 heavy (non-hydrogen) atoms. The van der Waals surface area contributed by atoms with E-state index in [0.717, 1.165) is 11.6 Å². The van der Waals surface area contributed by atoms with Crippen molar-refractivity contribution in [3.05, 3.63) is 65.2 Å². The molecule has 0 saturated carbocycles. The van der Waals surface area contributed by atoms with E-state index in [9.17, 15) is 18.8 Å². The minimum Gasteiger partial charge on any atom is -0.489 e. The molecule has 0 fully saturated rings. The summed E-state index contributed by atoms with van der Waals surface area (Å²) in [7, 11) is 0. The van der Waals surface area contributed by atoms with Crippen molar-refractivity contribution in [1.29, 1.82) is 0 Å². The molecular formula is C16H15F2NO3. The minimum atomic E-state index is -0.658. The Bertz CT molecular complexity index is 659. The lowest BCUT2D eigenvalue weighted by molar-refractivity contribution is -0.165. The quantitative estimate of drug-likeness (QED) is 0.681. The van der Waals surface area contributed by atoms with Crippen LogP contribution in [-0.2, 0) is 17.9 Å². The van der Waals surface area contributed by atoms with Crippen LogP contribution in [0.5, 0.6) is 5.75 Å². The Hall–Kier alpha value is -2.47. The number of carbonyl (C=O) groups is 1. The van der Waals surface area contributed by atoms with E-state index in [1.165, 1.54) is 19.1 Å². The number of rotatable bonds is 5. The monoisotopic (exact) mass is 307 g/mol. The van der Waals surface area contributed by atoms with Crippen molar-refractivity contribution in [2.75, 3.05) is 0 Å². The first-order valence-corrected chi connectivity index (χ1v) is 6.58.